The van der Waals surface area contributed by atoms with Gasteiger partial charge in [-0.2, -0.15) is 0 Å². The minimum atomic E-state index is 0.222. The van der Waals surface area contributed by atoms with E-state index in [1.165, 1.54) is 0 Å². The molecule has 0 spiro atoms. The number of rotatable bonds is 5. The lowest BCUT2D eigenvalue weighted by Gasteiger charge is -2.34. The molecule has 29 heavy (non-hydrogen) atoms. The van der Waals surface area contributed by atoms with Crippen LogP contribution >= 0.6 is 0 Å². The number of ether oxygens (including phenoxy) is 1. The molecule has 0 aliphatic carbocycles. The predicted octanol–water partition coefficient (Wildman–Crippen LogP) is 2.14. The van der Waals surface area contributed by atoms with E-state index < -0.39 is 0 Å². The van der Waals surface area contributed by atoms with E-state index in [1.54, 1.807) is 0 Å². The van der Waals surface area contributed by atoms with E-state index in [2.05, 4.69) is 21.8 Å². The fourth-order valence-corrected chi connectivity index (χ4v) is 4.14. The van der Waals surface area contributed by atoms with Crippen molar-refractivity contribution in [2.24, 2.45) is 0 Å². The number of piperidine rings is 1. The lowest BCUT2D eigenvalue weighted by Crippen LogP contribution is -2.47. The maximum Gasteiger partial charge on any atom is 0.236 e. The average Bonchev–Trinajstić information content (AvgIpc) is 2.80. The van der Waals surface area contributed by atoms with Crippen molar-refractivity contribution in [1.82, 2.24) is 24.8 Å². The van der Waals surface area contributed by atoms with E-state index in [0.29, 0.717) is 38.8 Å². The van der Waals surface area contributed by atoms with E-state index in [9.17, 15) is 4.79 Å². The van der Waals surface area contributed by atoms with E-state index >= 15 is 0 Å². The fraction of sp³-hybridized carbons (Fsp3) is 0.545. The van der Waals surface area contributed by atoms with Gasteiger partial charge in [0.15, 0.2) is 0 Å². The third-order valence-corrected chi connectivity index (χ3v) is 5.87. The van der Waals surface area contributed by atoms with Gasteiger partial charge >= 0.3 is 0 Å². The summed E-state index contributed by atoms with van der Waals surface area (Å²) >= 11 is 0. The van der Waals surface area contributed by atoms with Crippen LogP contribution in [0.25, 0.3) is 11.1 Å². The van der Waals surface area contributed by atoms with Crippen LogP contribution in [0.4, 0.5) is 0 Å². The molecular weight excluding hydrogens is 366 g/mol. The van der Waals surface area contributed by atoms with Crippen LogP contribution in [-0.2, 0) is 16.0 Å². The Balaban J connectivity index is 1.43. The summed E-state index contributed by atoms with van der Waals surface area (Å²) in [7, 11) is 0. The van der Waals surface area contributed by atoms with Crippen molar-refractivity contribution >= 4 is 5.91 Å². The van der Waals surface area contributed by atoms with Gasteiger partial charge in [-0.3, -0.25) is 14.7 Å². The third kappa shape index (κ3) is 4.79. The Bertz CT molecular complexity index is 815. The highest BCUT2D eigenvalue weighted by Gasteiger charge is 2.27. The molecule has 2 aromatic rings. The van der Waals surface area contributed by atoms with Crippen molar-refractivity contribution in [2.45, 2.75) is 32.1 Å². The van der Waals surface area contributed by atoms with Crippen LogP contribution in [0, 0.1) is 0 Å². The minimum absolute atomic E-state index is 0.222. The van der Waals surface area contributed by atoms with Crippen LogP contribution in [0.5, 0.6) is 0 Å². The first kappa shape index (κ1) is 19.9. The van der Waals surface area contributed by atoms with Crippen LogP contribution in [0.15, 0.2) is 30.7 Å². The smallest absolute Gasteiger partial charge is 0.236 e. The van der Waals surface area contributed by atoms with Crippen molar-refractivity contribution < 1.29 is 9.53 Å². The molecule has 4 rings (SSSR count). The minimum Gasteiger partial charge on any atom is -0.378 e. The van der Waals surface area contributed by atoms with Crippen molar-refractivity contribution in [3.8, 4) is 11.1 Å². The molecule has 0 aromatic carbocycles. The van der Waals surface area contributed by atoms with E-state index in [-0.39, 0.29) is 5.91 Å². The van der Waals surface area contributed by atoms with Crippen LogP contribution in [0.3, 0.4) is 0 Å². The molecule has 0 N–H and O–H groups in total. The molecule has 4 heterocycles. The highest BCUT2D eigenvalue weighted by Crippen LogP contribution is 2.33. The van der Waals surface area contributed by atoms with E-state index in [1.807, 2.05) is 35.6 Å². The fourth-order valence-electron chi connectivity index (χ4n) is 4.14. The molecule has 7 heteroatoms. The van der Waals surface area contributed by atoms with Crippen molar-refractivity contribution in [3.05, 3.63) is 42.2 Å². The number of aromatic nitrogens is 3. The SMILES string of the molecule is CCc1ncc(-c2ccncc2)c(C2CCN(CC(=O)N3CCOCC3)CC2)n1. The monoisotopic (exact) mass is 395 g/mol. The van der Waals surface area contributed by atoms with E-state index in [4.69, 9.17) is 9.72 Å². The number of amides is 1. The Morgan fingerprint density at radius 2 is 1.86 bits per heavy atom. The average molecular weight is 396 g/mol. The van der Waals surface area contributed by atoms with Crippen LogP contribution in [-0.4, -0.2) is 76.6 Å². The van der Waals surface area contributed by atoms with E-state index in [0.717, 1.165) is 55.0 Å². The topological polar surface area (TPSA) is 71.5 Å². The first-order valence-corrected chi connectivity index (χ1v) is 10.6. The van der Waals surface area contributed by atoms with Gasteiger partial charge in [0, 0.05) is 49.6 Å². The number of nitrogens with zero attached hydrogens (tertiary/aromatic N) is 5. The summed E-state index contributed by atoms with van der Waals surface area (Å²) in [6.07, 6.45) is 8.43. The molecule has 2 saturated heterocycles. The van der Waals surface area contributed by atoms with Crippen molar-refractivity contribution in [1.29, 1.82) is 0 Å². The third-order valence-electron chi connectivity index (χ3n) is 5.87. The van der Waals surface area contributed by atoms with Gasteiger partial charge in [0.2, 0.25) is 5.91 Å². The van der Waals surface area contributed by atoms with Gasteiger partial charge in [-0.05, 0) is 43.6 Å². The second-order valence-corrected chi connectivity index (χ2v) is 7.72. The Morgan fingerprint density at radius 3 is 2.55 bits per heavy atom. The van der Waals surface area contributed by atoms with Gasteiger partial charge in [-0.1, -0.05) is 6.92 Å². The summed E-state index contributed by atoms with van der Waals surface area (Å²) in [5.41, 5.74) is 3.36. The van der Waals surface area contributed by atoms with Crippen LogP contribution in [0.2, 0.25) is 0 Å². The Hall–Kier alpha value is -2.38. The molecule has 0 bridgehead atoms. The molecule has 0 atom stereocenters. The first-order chi connectivity index (χ1) is 14.2. The van der Waals surface area contributed by atoms with Gasteiger partial charge in [0.1, 0.15) is 5.82 Å². The molecule has 2 aromatic heterocycles. The molecule has 0 saturated carbocycles. The van der Waals surface area contributed by atoms with Crippen LogP contribution in [0.1, 0.15) is 37.2 Å². The van der Waals surface area contributed by atoms with Gasteiger partial charge in [0.25, 0.3) is 0 Å². The van der Waals surface area contributed by atoms with Gasteiger partial charge < -0.3 is 9.64 Å². The molecule has 2 aliphatic rings. The zero-order valence-electron chi connectivity index (χ0n) is 17.1. The van der Waals surface area contributed by atoms with Gasteiger partial charge in [-0.15, -0.1) is 0 Å². The second kappa shape index (κ2) is 9.41. The van der Waals surface area contributed by atoms with Crippen molar-refractivity contribution in [3.63, 3.8) is 0 Å². The van der Waals surface area contributed by atoms with Crippen LogP contribution < -0.4 is 0 Å². The lowest BCUT2D eigenvalue weighted by molar-refractivity contribution is -0.136. The standard InChI is InChI=1S/C22H29N5O2/c1-2-20-24-15-19(17-3-7-23-8-4-17)22(25-20)18-5-9-26(10-6-18)16-21(28)27-11-13-29-14-12-27/h3-4,7-8,15,18H,2,5-6,9-14,16H2,1H3. The number of hydrogen-bond acceptors (Lipinski definition) is 6. The lowest BCUT2D eigenvalue weighted by atomic mass is 9.89. The number of likely N-dealkylation sites (tertiary alicyclic amines) is 1. The Labute approximate surface area is 172 Å². The quantitative estimate of drug-likeness (QED) is 0.772. The zero-order chi connectivity index (χ0) is 20.1. The highest BCUT2D eigenvalue weighted by atomic mass is 16.5. The Morgan fingerprint density at radius 1 is 1.14 bits per heavy atom. The van der Waals surface area contributed by atoms with Gasteiger partial charge in [0.05, 0.1) is 25.5 Å². The summed E-state index contributed by atoms with van der Waals surface area (Å²) in [4.78, 5) is 30.3. The Kier molecular flexibility index (Phi) is 6.46. The number of carbonyl (C=O) groups excluding carboxylic acids is 1. The molecule has 2 aliphatic heterocycles. The number of carbonyl (C=O) groups is 1. The molecule has 0 radical (unpaired) electrons. The molecule has 7 nitrogen and oxygen atoms in total. The number of hydrogen-bond donors (Lipinski definition) is 0. The highest BCUT2D eigenvalue weighted by molar-refractivity contribution is 5.78. The molecule has 154 valence electrons. The van der Waals surface area contributed by atoms with Gasteiger partial charge in [-0.25, -0.2) is 9.97 Å². The normalized spacial score (nSPS) is 18.7. The maximum absolute atomic E-state index is 12.5. The second-order valence-electron chi connectivity index (χ2n) is 7.72. The van der Waals surface area contributed by atoms with Crippen molar-refractivity contribution in [2.75, 3.05) is 45.9 Å². The number of morpholine rings is 1. The summed E-state index contributed by atoms with van der Waals surface area (Å²) in [6.45, 7) is 7.16. The summed E-state index contributed by atoms with van der Waals surface area (Å²) < 4.78 is 5.35. The number of pyridine rings is 1. The predicted molar refractivity (Wildman–Crippen MR) is 110 cm³/mol. The summed E-state index contributed by atoms with van der Waals surface area (Å²) in [5.74, 6) is 1.50. The summed E-state index contributed by atoms with van der Waals surface area (Å²) in [6, 6.07) is 4.04. The molecule has 0 unspecified atom stereocenters. The zero-order valence-corrected chi connectivity index (χ0v) is 17.1. The largest absolute Gasteiger partial charge is 0.378 e. The first-order valence-electron chi connectivity index (χ1n) is 10.6. The molecule has 2 fully saturated rings. The summed E-state index contributed by atoms with van der Waals surface area (Å²) in [5, 5.41) is 0. The number of aryl methyl sites for hydroxylation is 1. The molecular formula is C22H29N5O2. The molecule has 1 amide bonds. The maximum atomic E-state index is 12.5.